The number of hydrogen-bond donors (Lipinski definition) is 0. The van der Waals surface area contributed by atoms with Crippen LogP contribution < -0.4 is 0 Å². The molecule has 2 nitrogen and oxygen atoms in total. The van der Waals surface area contributed by atoms with Gasteiger partial charge in [-0.05, 0) is 50.6 Å². The zero-order chi connectivity index (χ0) is 16.9. The van der Waals surface area contributed by atoms with Gasteiger partial charge in [0.1, 0.15) is 0 Å². The summed E-state index contributed by atoms with van der Waals surface area (Å²) in [5.41, 5.74) is 4.30. The van der Waals surface area contributed by atoms with Crippen LogP contribution in [0.15, 0.2) is 54.6 Å². The summed E-state index contributed by atoms with van der Waals surface area (Å²) in [6, 6.07) is 8.87. The minimum atomic E-state index is 0.252. The lowest BCUT2D eigenvalue weighted by Gasteiger charge is -2.30. The van der Waals surface area contributed by atoms with Gasteiger partial charge < -0.3 is 9.64 Å². The maximum atomic E-state index is 6.16. The minimum Gasteiger partial charge on any atom is -0.378 e. The lowest BCUT2D eigenvalue weighted by Crippen LogP contribution is -2.29. The van der Waals surface area contributed by atoms with E-state index in [1.807, 2.05) is 0 Å². The van der Waals surface area contributed by atoms with Crippen molar-refractivity contribution >= 4 is 5.57 Å². The van der Waals surface area contributed by atoms with Crippen LogP contribution in [0.3, 0.4) is 0 Å². The molecule has 128 valence electrons. The molecule has 0 aromatic heterocycles. The highest BCUT2D eigenvalue weighted by Gasteiger charge is 2.34. The molecule has 1 aromatic rings. The average molecular weight is 323 g/mol. The van der Waals surface area contributed by atoms with Crippen molar-refractivity contribution < 1.29 is 4.74 Å². The Morgan fingerprint density at radius 1 is 1.17 bits per heavy atom. The van der Waals surface area contributed by atoms with Crippen LogP contribution in [0.25, 0.3) is 5.57 Å². The highest BCUT2D eigenvalue weighted by atomic mass is 16.5. The van der Waals surface area contributed by atoms with Gasteiger partial charge in [-0.2, -0.15) is 0 Å². The number of nitrogens with zero attached hydrogens (tertiary/aromatic N) is 1. The average Bonchev–Trinajstić information content (AvgIpc) is 2.71. The van der Waals surface area contributed by atoms with Crippen LogP contribution in [0, 0.1) is 11.8 Å². The van der Waals surface area contributed by atoms with Crippen molar-refractivity contribution in [2.45, 2.75) is 25.9 Å². The normalized spacial score (nSPS) is 27.2. The fourth-order valence-corrected chi connectivity index (χ4v) is 3.91. The molecule has 2 aliphatic carbocycles. The number of fused-ring (bicyclic) bond motifs is 2. The molecule has 0 radical (unpaired) electrons. The molecular weight excluding hydrogens is 294 g/mol. The van der Waals surface area contributed by atoms with E-state index in [2.05, 4.69) is 80.6 Å². The first-order valence-corrected chi connectivity index (χ1v) is 9.10. The number of ether oxygens (including phenoxy) is 1. The second-order valence-electron chi connectivity index (χ2n) is 6.98. The third-order valence-corrected chi connectivity index (χ3v) is 5.04. The molecule has 0 spiro atoms. The standard InChI is InChI=1S/C22H29NO/c1-4-24-22-16-17-10-5-6-11-18(17)19(14-9-15-23(2)3)20-12-7-8-13-21(20)22/h5-8,10-14,20-22H,4,9,15-16H2,1-3H3. The summed E-state index contributed by atoms with van der Waals surface area (Å²) in [6.07, 6.45) is 13.9. The predicted molar refractivity (Wildman–Crippen MR) is 102 cm³/mol. The Kier molecular flexibility index (Phi) is 5.70. The second kappa shape index (κ2) is 7.96. The van der Waals surface area contributed by atoms with E-state index in [1.54, 1.807) is 0 Å². The maximum absolute atomic E-state index is 6.16. The topological polar surface area (TPSA) is 12.5 Å². The SMILES string of the molecule is CCOC1Cc2ccccc2C(=CCCN(C)C)C2C=CC=CC12. The Labute approximate surface area is 146 Å². The van der Waals surface area contributed by atoms with Crippen molar-refractivity contribution in [3.05, 3.63) is 65.8 Å². The van der Waals surface area contributed by atoms with Crippen molar-refractivity contribution in [2.24, 2.45) is 11.8 Å². The van der Waals surface area contributed by atoms with Gasteiger partial charge >= 0.3 is 0 Å². The predicted octanol–water partition coefficient (Wildman–Crippen LogP) is 4.34. The molecule has 0 N–H and O–H groups in total. The van der Waals surface area contributed by atoms with Crippen LogP contribution >= 0.6 is 0 Å². The van der Waals surface area contributed by atoms with Crippen LogP contribution in [0.5, 0.6) is 0 Å². The van der Waals surface area contributed by atoms with E-state index in [0.29, 0.717) is 11.8 Å². The molecule has 0 amide bonds. The summed E-state index contributed by atoms with van der Waals surface area (Å²) in [6.45, 7) is 3.95. The summed E-state index contributed by atoms with van der Waals surface area (Å²) in [5, 5.41) is 0. The van der Waals surface area contributed by atoms with Crippen molar-refractivity contribution in [2.75, 3.05) is 27.2 Å². The van der Waals surface area contributed by atoms with E-state index in [1.165, 1.54) is 16.7 Å². The number of benzene rings is 1. The van der Waals surface area contributed by atoms with Gasteiger partial charge in [-0.15, -0.1) is 0 Å². The molecule has 24 heavy (non-hydrogen) atoms. The molecule has 0 aliphatic heterocycles. The summed E-state index contributed by atoms with van der Waals surface area (Å²) in [5.74, 6) is 0.838. The molecule has 3 rings (SSSR count). The van der Waals surface area contributed by atoms with Gasteiger partial charge in [-0.3, -0.25) is 0 Å². The molecule has 1 aromatic carbocycles. The molecule has 3 atom stereocenters. The van der Waals surface area contributed by atoms with Gasteiger partial charge in [-0.1, -0.05) is 54.6 Å². The highest BCUT2D eigenvalue weighted by molar-refractivity contribution is 5.73. The van der Waals surface area contributed by atoms with E-state index in [9.17, 15) is 0 Å². The van der Waals surface area contributed by atoms with Crippen LogP contribution in [0.4, 0.5) is 0 Å². The molecule has 0 saturated heterocycles. The zero-order valence-electron chi connectivity index (χ0n) is 15.1. The molecule has 0 saturated carbocycles. The van der Waals surface area contributed by atoms with Crippen molar-refractivity contribution in [3.63, 3.8) is 0 Å². The Morgan fingerprint density at radius 3 is 2.75 bits per heavy atom. The van der Waals surface area contributed by atoms with Gasteiger partial charge in [0.05, 0.1) is 6.10 Å². The van der Waals surface area contributed by atoms with Gasteiger partial charge in [0.2, 0.25) is 0 Å². The van der Waals surface area contributed by atoms with Crippen LogP contribution in [-0.2, 0) is 11.2 Å². The highest BCUT2D eigenvalue weighted by Crippen LogP contribution is 2.41. The van der Waals surface area contributed by atoms with Crippen LogP contribution in [0.1, 0.15) is 24.5 Å². The summed E-state index contributed by atoms with van der Waals surface area (Å²) in [7, 11) is 4.27. The quantitative estimate of drug-likeness (QED) is 0.799. The summed E-state index contributed by atoms with van der Waals surface area (Å²) < 4.78 is 6.16. The van der Waals surface area contributed by atoms with E-state index in [0.717, 1.165) is 26.0 Å². The summed E-state index contributed by atoms with van der Waals surface area (Å²) >= 11 is 0. The van der Waals surface area contributed by atoms with E-state index in [-0.39, 0.29) is 6.10 Å². The van der Waals surface area contributed by atoms with Gasteiger partial charge in [-0.25, -0.2) is 0 Å². The van der Waals surface area contributed by atoms with Crippen molar-refractivity contribution in [3.8, 4) is 0 Å². The number of allylic oxidation sites excluding steroid dienone is 4. The monoisotopic (exact) mass is 323 g/mol. The first kappa shape index (κ1) is 17.2. The largest absolute Gasteiger partial charge is 0.378 e. The Balaban J connectivity index is 2.01. The molecule has 2 aliphatic rings. The van der Waals surface area contributed by atoms with E-state index < -0.39 is 0 Å². The Morgan fingerprint density at radius 2 is 1.96 bits per heavy atom. The van der Waals surface area contributed by atoms with E-state index in [4.69, 9.17) is 4.74 Å². The first-order valence-electron chi connectivity index (χ1n) is 9.10. The third-order valence-electron chi connectivity index (χ3n) is 5.04. The second-order valence-corrected chi connectivity index (χ2v) is 6.98. The number of hydrogen-bond acceptors (Lipinski definition) is 2. The molecular formula is C22H29NO. The zero-order valence-corrected chi connectivity index (χ0v) is 15.1. The minimum absolute atomic E-state index is 0.252. The Hall–Kier alpha value is -1.64. The van der Waals surface area contributed by atoms with E-state index >= 15 is 0 Å². The molecule has 3 unspecified atom stereocenters. The van der Waals surface area contributed by atoms with Crippen molar-refractivity contribution in [1.82, 2.24) is 4.90 Å². The van der Waals surface area contributed by atoms with Crippen LogP contribution in [0.2, 0.25) is 0 Å². The lowest BCUT2D eigenvalue weighted by atomic mass is 9.79. The van der Waals surface area contributed by atoms with Gasteiger partial charge in [0.15, 0.2) is 0 Å². The molecule has 0 bridgehead atoms. The fraction of sp³-hybridized carbons (Fsp3) is 0.455. The van der Waals surface area contributed by atoms with Crippen molar-refractivity contribution in [1.29, 1.82) is 0 Å². The fourth-order valence-electron chi connectivity index (χ4n) is 3.91. The molecule has 0 fully saturated rings. The smallest absolute Gasteiger partial charge is 0.0687 e. The maximum Gasteiger partial charge on any atom is 0.0687 e. The Bertz CT molecular complexity index is 641. The van der Waals surface area contributed by atoms with Gasteiger partial charge in [0.25, 0.3) is 0 Å². The third kappa shape index (κ3) is 3.71. The first-order chi connectivity index (χ1) is 11.7. The van der Waals surface area contributed by atoms with Gasteiger partial charge in [0, 0.05) is 25.0 Å². The van der Waals surface area contributed by atoms with Crippen LogP contribution in [-0.4, -0.2) is 38.3 Å². The summed E-state index contributed by atoms with van der Waals surface area (Å²) in [4.78, 5) is 2.25. The molecule has 2 heteroatoms. The number of rotatable bonds is 5. The lowest BCUT2D eigenvalue weighted by molar-refractivity contribution is 0.0292. The molecule has 0 heterocycles.